The lowest BCUT2D eigenvalue weighted by Crippen LogP contribution is -2.31. The van der Waals surface area contributed by atoms with Crippen LogP contribution in [-0.4, -0.2) is 23.4 Å². The van der Waals surface area contributed by atoms with Crippen LogP contribution in [0.1, 0.15) is 32.4 Å². The molecule has 0 saturated heterocycles. The number of carbonyl (C=O) groups is 2. The number of ether oxygens (including phenoxy) is 1. The molecule has 1 N–H and O–H groups in total. The van der Waals surface area contributed by atoms with Gasteiger partial charge in [-0.2, -0.15) is 0 Å². The Morgan fingerprint density at radius 3 is 2.57 bits per heavy atom. The van der Waals surface area contributed by atoms with Crippen molar-refractivity contribution in [2.45, 2.75) is 26.8 Å². The molecule has 1 atom stereocenters. The number of anilines is 1. The topological polar surface area (TPSA) is 66.8 Å². The number of nitrogens with zero attached hydrogens (tertiary/aromatic N) is 1. The van der Waals surface area contributed by atoms with Gasteiger partial charge in [-0.05, 0) is 42.8 Å². The maximum atomic E-state index is 12.9. The van der Waals surface area contributed by atoms with Crippen molar-refractivity contribution in [1.29, 1.82) is 0 Å². The van der Waals surface area contributed by atoms with Gasteiger partial charge in [-0.1, -0.05) is 43.6 Å². The second kappa shape index (κ2) is 8.07. The van der Waals surface area contributed by atoms with Gasteiger partial charge in [0.1, 0.15) is 5.75 Å². The van der Waals surface area contributed by atoms with Crippen molar-refractivity contribution in [2.75, 3.05) is 11.5 Å². The Morgan fingerprint density at radius 2 is 1.93 bits per heavy atom. The van der Waals surface area contributed by atoms with Crippen LogP contribution < -0.4 is 9.64 Å². The van der Waals surface area contributed by atoms with Gasteiger partial charge in [0.2, 0.25) is 0 Å². The molecule has 6 heteroatoms. The van der Waals surface area contributed by atoms with Crippen LogP contribution in [0.5, 0.6) is 5.75 Å². The zero-order chi connectivity index (χ0) is 20.4. The van der Waals surface area contributed by atoms with Gasteiger partial charge < -0.3 is 9.84 Å². The fraction of sp³-hybridized carbons (Fsp3) is 0.273. The molecule has 1 aliphatic rings. The zero-order valence-corrected chi connectivity index (χ0v) is 16.7. The molecule has 28 heavy (non-hydrogen) atoms. The van der Waals surface area contributed by atoms with Crippen molar-refractivity contribution >= 4 is 29.0 Å². The number of hydrogen-bond acceptors (Lipinski definition) is 4. The molecule has 0 radical (unpaired) electrons. The minimum Gasteiger partial charge on any atom is -0.503 e. The molecule has 0 spiro atoms. The molecule has 3 rings (SSSR count). The quantitative estimate of drug-likeness (QED) is 0.752. The second-order valence-electron chi connectivity index (χ2n) is 6.84. The van der Waals surface area contributed by atoms with E-state index in [0.717, 1.165) is 0 Å². The molecule has 5 nitrogen and oxygen atoms in total. The standard InChI is InChI=1S/C22H22ClNO4/c1-4-28-17-10-5-7-14(11-17)19-18(20(25)13(2)3)21(26)22(27)24(19)16-9-6-8-15(23)12-16/h5-13,19,26H,4H2,1-3H3. The van der Waals surface area contributed by atoms with Crippen LogP contribution in [0.3, 0.4) is 0 Å². The van der Waals surface area contributed by atoms with Crippen LogP contribution >= 0.6 is 11.6 Å². The number of halogens is 1. The lowest BCUT2D eigenvalue weighted by molar-refractivity contribution is -0.119. The number of amides is 1. The number of benzene rings is 2. The molecular formula is C22H22ClNO4. The molecule has 0 saturated carbocycles. The highest BCUT2D eigenvalue weighted by molar-refractivity contribution is 6.31. The maximum absolute atomic E-state index is 12.9. The smallest absolute Gasteiger partial charge is 0.294 e. The Labute approximate surface area is 169 Å². The van der Waals surface area contributed by atoms with E-state index >= 15 is 0 Å². The van der Waals surface area contributed by atoms with Crippen LogP contribution in [0.25, 0.3) is 0 Å². The molecule has 1 unspecified atom stereocenters. The van der Waals surface area contributed by atoms with Gasteiger partial charge in [0.25, 0.3) is 5.91 Å². The molecule has 2 aromatic carbocycles. The van der Waals surface area contributed by atoms with E-state index < -0.39 is 17.7 Å². The van der Waals surface area contributed by atoms with Gasteiger partial charge >= 0.3 is 0 Å². The van der Waals surface area contributed by atoms with E-state index in [2.05, 4.69) is 0 Å². The third-order valence-electron chi connectivity index (χ3n) is 4.57. The van der Waals surface area contributed by atoms with Crippen molar-refractivity contribution in [3.63, 3.8) is 0 Å². The van der Waals surface area contributed by atoms with E-state index in [1.165, 1.54) is 4.90 Å². The number of ketones is 1. The van der Waals surface area contributed by atoms with E-state index in [-0.39, 0.29) is 17.3 Å². The van der Waals surface area contributed by atoms with Crippen molar-refractivity contribution < 1.29 is 19.4 Å². The van der Waals surface area contributed by atoms with Crippen LogP contribution in [0.15, 0.2) is 59.9 Å². The molecule has 0 aliphatic carbocycles. The highest BCUT2D eigenvalue weighted by Gasteiger charge is 2.44. The predicted molar refractivity (Wildman–Crippen MR) is 109 cm³/mol. The molecule has 2 aromatic rings. The van der Waals surface area contributed by atoms with Crippen LogP contribution in [0, 0.1) is 5.92 Å². The molecule has 0 bridgehead atoms. The number of aliphatic hydroxyl groups excluding tert-OH is 1. The summed E-state index contributed by atoms with van der Waals surface area (Å²) in [6.45, 7) is 5.85. The lowest BCUT2D eigenvalue weighted by atomic mass is 9.91. The second-order valence-corrected chi connectivity index (χ2v) is 7.28. The zero-order valence-electron chi connectivity index (χ0n) is 16.0. The van der Waals surface area contributed by atoms with Crippen LogP contribution in [0.4, 0.5) is 5.69 Å². The van der Waals surface area contributed by atoms with Crippen molar-refractivity contribution in [1.82, 2.24) is 0 Å². The number of rotatable bonds is 6. The Morgan fingerprint density at radius 1 is 1.21 bits per heavy atom. The van der Waals surface area contributed by atoms with Gasteiger partial charge in [0.15, 0.2) is 11.5 Å². The molecule has 1 amide bonds. The first-order valence-corrected chi connectivity index (χ1v) is 9.52. The highest BCUT2D eigenvalue weighted by atomic mass is 35.5. The van der Waals surface area contributed by atoms with Crippen molar-refractivity contribution in [2.24, 2.45) is 5.92 Å². The number of aliphatic hydroxyl groups is 1. The van der Waals surface area contributed by atoms with E-state index in [0.29, 0.717) is 28.6 Å². The third-order valence-corrected chi connectivity index (χ3v) is 4.80. The average Bonchev–Trinajstić information content (AvgIpc) is 2.93. The summed E-state index contributed by atoms with van der Waals surface area (Å²) in [5.41, 5.74) is 1.27. The van der Waals surface area contributed by atoms with Gasteiger partial charge in [-0.15, -0.1) is 0 Å². The molecule has 0 aromatic heterocycles. The molecular weight excluding hydrogens is 378 g/mol. The molecule has 0 fully saturated rings. The molecule has 1 aliphatic heterocycles. The Hall–Kier alpha value is -2.79. The number of Topliss-reactive ketones (excluding diaryl/α,β-unsaturated/α-hetero) is 1. The Balaban J connectivity index is 2.19. The number of carbonyl (C=O) groups excluding carboxylic acids is 2. The van der Waals surface area contributed by atoms with Crippen molar-refractivity contribution in [3.05, 3.63) is 70.4 Å². The predicted octanol–water partition coefficient (Wildman–Crippen LogP) is 4.86. The summed E-state index contributed by atoms with van der Waals surface area (Å²) in [6.07, 6.45) is 0. The molecule has 146 valence electrons. The van der Waals surface area contributed by atoms with Gasteiger partial charge in [0, 0.05) is 16.6 Å². The summed E-state index contributed by atoms with van der Waals surface area (Å²) in [5.74, 6) is -1.17. The summed E-state index contributed by atoms with van der Waals surface area (Å²) in [6, 6.07) is 13.2. The van der Waals surface area contributed by atoms with Crippen LogP contribution in [0.2, 0.25) is 5.02 Å². The third kappa shape index (κ3) is 3.62. The Bertz CT molecular complexity index is 951. The van der Waals surface area contributed by atoms with Gasteiger partial charge in [0.05, 0.1) is 18.2 Å². The normalized spacial score (nSPS) is 16.8. The van der Waals surface area contributed by atoms with E-state index in [4.69, 9.17) is 16.3 Å². The maximum Gasteiger partial charge on any atom is 0.294 e. The average molecular weight is 400 g/mol. The van der Waals surface area contributed by atoms with Crippen molar-refractivity contribution in [3.8, 4) is 5.75 Å². The first-order valence-electron chi connectivity index (χ1n) is 9.14. The minimum atomic E-state index is -0.763. The summed E-state index contributed by atoms with van der Waals surface area (Å²) in [7, 11) is 0. The lowest BCUT2D eigenvalue weighted by Gasteiger charge is -2.27. The van der Waals surface area contributed by atoms with Gasteiger partial charge in [-0.25, -0.2) is 0 Å². The fourth-order valence-corrected chi connectivity index (χ4v) is 3.50. The molecule has 1 heterocycles. The summed E-state index contributed by atoms with van der Waals surface area (Å²) in [4.78, 5) is 27.2. The van der Waals surface area contributed by atoms with Gasteiger partial charge in [-0.3, -0.25) is 14.5 Å². The SMILES string of the molecule is CCOc1cccc(C2C(C(=O)C(C)C)=C(O)C(=O)N2c2cccc(Cl)c2)c1. The van der Waals surface area contributed by atoms with E-state index in [9.17, 15) is 14.7 Å². The summed E-state index contributed by atoms with van der Waals surface area (Å²) in [5, 5.41) is 11.0. The highest BCUT2D eigenvalue weighted by Crippen LogP contribution is 2.42. The Kier molecular flexibility index (Phi) is 5.75. The van der Waals surface area contributed by atoms with Crippen LogP contribution in [-0.2, 0) is 9.59 Å². The van der Waals surface area contributed by atoms with E-state index in [1.54, 1.807) is 56.3 Å². The summed E-state index contributed by atoms with van der Waals surface area (Å²) < 4.78 is 5.57. The largest absolute Gasteiger partial charge is 0.503 e. The number of hydrogen-bond donors (Lipinski definition) is 1. The fourth-order valence-electron chi connectivity index (χ4n) is 3.32. The van der Waals surface area contributed by atoms with E-state index in [1.807, 2.05) is 13.0 Å². The monoisotopic (exact) mass is 399 g/mol. The minimum absolute atomic E-state index is 0.0913. The first kappa shape index (κ1) is 20.0. The summed E-state index contributed by atoms with van der Waals surface area (Å²) >= 11 is 6.12. The first-order chi connectivity index (χ1) is 13.3.